The first kappa shape index (κ1) is 71.6. The van der Waals surface area contributed by atoms with E-state index in [0.717, 1.165) is 70.6 Å². The van der Waals surface area contributed by atoms with Crippen LogP contribution in [0.15, 0.2) is 36.5 Å². The number of unbranched alkanes of at least 4 members (excludes halogenated alkanes) is 44. The zero-order chi connectivity index (χ0) is 53.6. The van der Waals surface area contributed by atoms with Gasteiger partial charge in [-0.25, -0.2) is 0 Å². The van der Waals surface area contributed by atoms with Crippen LogP contribution in [-0.2, 0) is 28.6 Å². The molecule has 6 nitrogen and oxygen atoms in total. The van der Waals surface area contributed by atoms with E-state index in [1.54, 1.807) is 0 Å². The highest BCUT2D eigenvalue weighted by atomic mass is 16.6. The molecule has 6 heteroatoms. The van der Waals surface area contributed by atoms with Crippen LogP contribution in [0, 0.1) is 0 Å². The molecule has 0 saturated carbocycles. The van der Waals surface area contributed by atoms with Crippen LogP contribution in [0.2, 0.25) is 0 Å². The van der Waals surface area contributed by atoms with E-state index in [1.807, 2.05) is 0 Å². The van der Waals surface area contributed by atoms with Gasteiger partial charge < -0.3 is 14.2 Å². The first-order valence-corrected chi connectivity index (χ1v) is 33.0. The van der Waals surface area contributed by atoms with E-state index in [-0.39, 0.29) is 31.1 Å². The van der Waals surface area contributed by atoms with Gasteiger partial charge in [-0.1, -0.05) is 320 Å². The number of ether oxygens (including phenoxy) is 3. The van der Waals surface area contributed by atoms with Crippen LogP contribution in [0.4, 0.5) is 0 Å². The van der Waals surface area contributed by atoms with Gasteiger partial charge in [0.05, 0.1) is 0 Å². The Kier molecular flexibility index (Phi) is 61.1. The number of rotatable bonds is 61. The van der Waals surface area contributed by atoms with Crippen molar-refractivity contribution in [3.8, 4) is 0 Å². The van der Waals surface area contributed by atoms with E-state index in [4.69, 9.17) is 14.2 Å². The van der Waals surface area contributed by atoms with E-state index in [2.05, 4.69) is 57.2 Å². The molecule has 0 spiro atoms. The summed E-state index contributed by atoms with van der Waals surface area (Å²) in [6.07, 6.45) is 77.6. The quantitative estimate of drug-likeness (QED) is 0.0261. The first-order chi connectivity index (χ1) is 36.5. The number of carbonyl (C=O) groups excluding carboxylic acids is 3. The Morgan fingerprint density at radius 1 is 0.270 bits per heavy atom. The molecular weight excluding hydrogens is 913 g/mol. The van der Waals surface area contributed by atoms with Crippen molar-refractivity contribution in [2.75, 3.05) is 13.2 Å². The molecule has 0 aliphatic rings. The predicted molar refractivity (Wildman–Crippen MR) is 321 cm³/mol. The van der Waals surface area contributed by atoms with Crippen LogP contribution in [0.5, 0.6) is 0 Å². The molecule has 0 rings (SSSR count). The molecule has 1 unspecified atom stereocenters. The normalized spacial score (nSPS) is 12.2. The molecule has 0 aromatic heterocycles. The van der Waals surface area contributed by atoms with E-state index in [9.17, 15) is 14.4 Å². The minimum absolute atomic E-state index is 0.0655. The van der Waals surface area contributed by atoms with Crippen molar-refractivity contribution in [3.05, 3.63) is 36.5 Å². The third-order valence-corrected chi connectivity index (χ3v) is 14.9. The highest BCUT2D eigenvalue weighted by Crippen LogP contribution is 2.18. The van der Waals surface area contributed by atoms with Crippen LogP contribution in [-0.4, -0.2) is 37.2 Å². The van der Waals surface area contributed by atoms with Crippen molar-refractivity contribution in [2.45, 2.75) is 367 Å². The number of allylic oxidation sites excluding steroid dienone is 6. The van der Waals surface area contributed by atoms with Gasteiger partial charge in [0.2, 0.25) is 0 Å². The van der Waals surface area contributed by atoms with E-state index in [1.165, 1.54) is 250 Å². The zero-order valence-electron chi connectivity index (χ0n) is 49.9. The monoisotopic (exact) mass is 1040 g/mol. The first-order valence-electron chi connectivity index (χ1n) is 33.0. The second kappa shape index (κ2) is 63.2. The molecule has 0 fully saturated rings. The Balaban J connectivity index is 3.99. The molecule has 0 aliphatic heterocycles. The lowest BCUT2D eigenvalue weighted by atomic mass is 10.0. The average molecular weight is 1040 g/mol. The fraction of sp³-hybridized carbons (Fsp3) is 0.868. The maximum atomic E-state index is 12.8. The Labute approximate surface area is 461 Å². The summed E-state index contributed by atoms with van der Waals surface area (Å²) in [7, 11) is 0. The summed E-state index contributed by atoms with van der Waals surface area (Å²) in [6, 6.07) is 0. The minimum atomic E-state index is -0.765. The second-order valence-electron chi connectivity index (χ2n) is 22.4. The summed E-state index contributed by atoms with van der Waals surface area (Å²) in [5.41, 5.74) is 0. The molecule has 0 N–H and O–H groups in total. The van der Waals surface area contributed by atoms with Gasteiger partial charge in [-0.3, -0.25) is 14.4 Å². The van der Waals surface area contributed by atoms with Crippen LogP contribution in [0.1, 0.15) is 361 Å². The summed E-state index contributed by atoms with van der Waals surface area (Å²) < 4.78 is 16.9. The Bertz CT molecular complexity index is 1240. The molecule has 0 saturated heterocycles. The maximum Gasteiger partial charge on any atom is 0.306 e. The average Bonchev–Trinajstić information content (AvgIpc) is 3.40. The number of carbonyl (C=O) groups is 3. The lowest BCUT2D eigenvalue weighted by Gasteiger charge is -2.18. The van der Waals surface area contributed by atoms with Gasteiger partial charge in [-0.2, -0.15) is 0 Å². The largest absolute Gasteiger partial charge is 0.462 e. The molecule has 1 atom stereocenters. The molecule has 0 radical (unpaired) electrons. The van der Waals surface area contributed by atoms with E-state index in [0.29, 0.717) is 19.3 Å². The highest BCUT2D eigenvalue weighted by Gasteiger charge is 2.19. The van der Waals surface area contributed by atoms with Crippen molar-refractivity contribution in [3.63, 3.8) is 0 Å². The summed E-state index contributed by atoms with van der Waals surface area (Å²) in [5, 5.41) is 0. The van der Waals surface area contributed by atoms with Crippen LogP contribution < -0.4 is 0 Å². The van der Waals surface area contributed by atoms with Crippen LogP contribution >= 0.6 is 0 Å². The highest BCUT2D eigenvalue weighted by molar-refractivity contribution is 5.71. The molecule has 0 aliphatic carbocycles. The van der Waals surface area contributed by atoms with Gasteiger partial charge in [-0.15, -0.1) is 0 Å². The summed E-state index contributed by atoms with van der Waals surface area (Å²) in [6.45, 7) is 6.65. The van der Waals surface area contributed by atoms with Crippen molar-refractivity contribution < 1.29 is 28.6 Å². The Hall–Kier alpha value is -2.37. The maximum absolute atomic E-state index is 12.8. The van der Waals surface area contributed by atoms with Gasteiger partial charge >= 0.3 is 17.9 Å². The molecule has 434 valence electrons. The van der Waals surface area contributed by atoms with Gasteiger partial charge in [0.15, 0.2) is 6.10 Å². The molecule has 74 heavy (non-hydrogen) atoms. The predicted octanol–water partition coefficient (Wildman–Crippen LogP) is 22.4. The number of esters is 3. The topological polar surface area (TPSA) is 78.9 Å². The zero-order valence-corrected chi connectivity index (χ0v) is 49.9. The van der Waals surface area contributed by atoms with E-state index < -0.39 is 6.10 Å². The minimum Gasteiger partial charge on any atom is -0.462 e. The lowest BCUT2D eigenvalue weighted by Crippen LogP contribution is -2.30. The van der Waals surface area contributed by atoms with Crippen LogP contribution in [0.25, 0.3) is 0 Å². The SMILES string of the molecule is CCCCCCC/C=C\C/C=C\C/C=C\CCCCCCCCCCCCCCCCCCCCC(=O)OCC(COC(=O)CCCCCCCCCC)OC(=O)CCCCCCCCCCCCCCCCC. The molecule has 0 bridgehead atoms. The van der Waals surface area contributed by atoms with Gasteiger partial charge in [0.1, 0.15) is 13.2 Å². The Morgan fingerprint density at radius 3 is 0.757 bits per heavy atom. The smallest absolute Gasteiger partial charge is 0.306 e. The Morgan fingerprint density at radius 2 is 0.486 bits per heavy atom. The van der Waals surface area contributed by atoms with Crippen molar-refractivity contribution in [1.29, 1.82) is 0 Å². The third-order valence-electron chi connectivity index (χ3n) is 14.9. The standard InChI is InChI=1S/C68H126O6/c1-4-7-10-13-16-19-21-23-25-26-27-28-29-30-31-32-33-34-35-36-37-38-39-40-41-42-44-45-47-49-52-55-58-61-67(70)73-64-65(63-72-66(69)60-57-54-51-18-15-12-9-6-3)74-68(71)62-59-56-53-50-48-46-43-24-22-20-17-14-11-8-5-2/h21,23,26-27,29-30,65H,4-20,22,24-25,28,31-64H2,1-3H3/b23-21-,27-26-,30-29-. The summed E-state index contributed by atoms with van der Waals surface area (Å²) in [5.74, 6) is -0.846. The molecule has 0 heterocycles. The lowest BCUT2D eigenvalue weighted by molar-refractivity contribution is -0.167. The van der Waals surface area contributed by atoms with Crippen LogP contribution in [0.3, 0.4) is 0 Å². The van der Waals surface area contributed by atoms with Gasteiger partial charge in [0, 0.05) is 19.3 Å². The molecule has 0 aromatic rings. The van der Waals surface area contributed by atoms with Crippen molar-refractivity contribution in [1.82, 2.24) is 0 Å². The molecular formula is C68H126O6. The molecule has 0 amide bonds. The van der Waals surface area contributed by atoms with Crippen molar-refractivity contribution in [2.24, 2.45) is 0 Å². The van der Waals surface area contributed by atoms with E-state index >= 15 is 0 Å². The number of hydrogen-bond acceptors (Lipinski definition) is 6. The van der Waals surface area contributed by atoms with Gasteiger partial charge in [-0.05, 0) is 57.8 Å². The van der Waals surface area contributed by atoms with Crippen molar-refractivity contribution >= 4 is 17.9 Å². The fourth-order valence-corrected chi connectivity index (χ4v) is 9.92. The summed E-state index contributed by atoms with van der Waals surface area (Å²) in [4.78, 5) is 38.1. The summed E-state index contributed by atoms with van der Waals surface area (Å²) >= 11 is 0. The fourth-order valence-electron chi connectivity index (χ4n) is 9.92. The second-order valence-corrected chi connectivity index (χ2v) is 22.4. The van der Waals surface area contributed by atoms with Gasteiger partial charge in [0.25, 0.3) is 0 Å². The third kappa shape index (κ3) is 60.5. The number of hydrogen-bond donors (Lipinski definition) is 0. The molecule has 0 aromatic carbocycles.